The maximum atomic E-state index is 13.1. The van der Waals surface area contributed by atoms with E-state index in [4.69, 9.17) is 5.73 Å². The van der Waals surface area contributed by atoms with E-state index in [0.29, 0.717) is 11.1 Å². The van der Waals surface area contributed by atoms with Crippen LogP contribution in [-0.2, 0) is 24.7 Å². The number of carboxylic acids is 1. The molecule has 2 rings (SSSR count). The van der Waals surface area contributed by atoms with Crippen molar-refractivity contribution >= 4 is 23.7 Å². The molecule has 0 fully saturated rings. The molecule has 0 spiro atoms. The summed E-state index contributed by atoms with van der Waals surface area (Å²) in [6, 6.07) is 6.68. The zero-order chi connectivity index (χ0) is 30.8. The molecule has 0 saturated heterocycles. The first kappa shape index (κ1) is 33.0. The molecular weight excluding hydrogens is 518 g/mol. The number of hydrogen-bond acceptors (Lipinski definition) is 4. The lowest BCUT2D eigenvalue weighted by atomic mass is 9.72. The lowest BCUT2D eigenvalue weighted by Gasteiger charge is -2.34. The SMILES string of the molecule is CC(=O)NC(CC(NC(=O)/C=C(C)/C=C/C=C(C)/C=C/C1=C(C)CCCC1(C)C)(C(N)=O)c1ccccc1)C(=O)O. The minimum atomic E-state index is -1.88. The van der Waals surface area contributed by atoms with Gasteiger partial charge in [0.1, 0.15) is 11.6 Å². The molecule has 0 aromatic heterocycles. The first-order valence-corrected chi connectivity index (χ1v) is 13.8. The summed E-state index contributed by atoms with van der Waals surface area (Å²) in [5.41, 5.74) is 8.82. The third-order valence-corrected chi connectivity index (χ3v) is 7.34. The third-order valence-electron chi connectivity index (χ3n) is 7.34. The Morgan fingerprint density at radius 1 is 1.07 bits per heavy atom. The zero-order valence-corrected chi connectivity index (χ0v) is 24.9. The first-order valence-electron chi connectivity index (χ1n) is 13.8. The molecule has 0 aliphatic heterocycles. The van der Waals surface area contributed by atoms with Crippen LogP contribution in [0.3, 0.4) is 0 Å². The zero-order valence-electron chi connectivity index (χ0n) is 24.9. The van der Waals surface area contributed by atoms with Crippen molar-refractivity contribution in [3.63, 3.8) is 0 Å². The summed E-state index contributed by atoms with van der Waals surface area (Å²) >= 11 is 0. The number of amides is 3. The molecule has 1 aromatic rings. The second kappa shape index (κ2) is 14.4. The van der Waals surface area contributed by atoms with Gasteiger partial charge in [0.15, 0.2) is 0 Å². The Kier molecular flexibility index (Phi) is 11.6. The summed E-state index contributed by atoms with van der Waals surface area (Å²) in [6.07, 6.45) is 14.2. The summed E-state index contributed by atoms with van der Waals surface area (Å²) < 4.78 is 0. The Bertz CT molecular complexity index is 1300. The van der Waals surface area contributed by atoms with E-state index in [1.807, 2.05) is 19.1 Å². The van der Waals surface area contributed by atoms with E-state index in [0.717, 1.165) is 12.0 Å². The quantitative estimate of drug-likeness (QED) is 0.210. The molecule has 3 amide bonds. The minimum absolute atomic E-state index is 0.161. The predicted molar refractivity (Wildman–Crippen MR) is 161 cm³/mol. The summed E-state index contributed by atoms with van der Waals surface area (Å²) in [6.45, 7) is 11.7. The van der Waals surface area contributed by atoms with Crippen molar-refractivity contribution in [3.05, 3.63) is 94.6 Å². The molecule has 220 valence electrons. The van der Waals surface area contributed by atoms with Gasteiger partial charge in [0.05, 0.1) is 0 Å². The average Bonchev–Trinajstić information content (AvgIpc) is 2.87. The molecule has 8 heteroatoms. The molecule has 1 aromatic carbocycles. The highest BCUT2D eigenvalue weighted by atomic mass is 16.4. The normalized spacial score (nSPS) is 18.2. The fourth-order valence-corrected chi connectivity index (χ4v) is 5.15. The van der Waals surface area contributed by atoms with E-state index >= 15 is 0 Å². The lowest BCUT2D eigenvalue weighted by Crippen LogP contribution is -2.59. The Morgan fingerprint density at radius 2 is 1.73 bits per heavy atom. The topological polar surface area (TPSA) is 139 Å². The molecular formula is C33H43N3O5. The highest BCUT2D eigenvalue weighted by molar-refractivity contribution is 5.96. The van der Waals surface area contributed by atoms with Crippen LogP contribution in [0.25, 0.3) is 0 Å². The van der Waals surface area contributed by atoms with Crippen LogP contribution in [0.5, 0.6) is 0 Å². The van der Waals surface area contributed by atoms with Crippen molar-refractivity contribution in [2.45, 2.75) is 78.8 Å². The number of rotatable bonds is 12. The van der Waals surface area contributed by atoms with Crippen LogP contribution in [0, 0.1) is 5.41 Å². The summed E-state index contributed by atoms with van der Waals surface area (Å²) in [4.78, 5) is 49.4. The summed E-state index contributed by atoms with van der Waals surface area (Å²) in [5, 5.41) is 14.6. The van der Waals surface area contributed by atoms with Crippen LogP contribution >= 0.6 is 0 Å². The fraction of sp³-hybridized carbons (Fsp3) is 0.394. The van der Waals surface area contributed by atoms with Gasteiger partial charge < -0.3 is 21.5 Å². The Morgan fingerprint density at radius 3 is 2.29 bits per heavy atom. The lowest BCUT2D eigenvalue weighted by molar-refractivity contribution is -0.143. The maximum absolute atomic E-state index is 13.1. The van der Waals surface area contributed by atoms with Gasteiger partial charge in [0.2, 0.25) is 17.7 Å². The number of benzene rings is 1. The smallest absolute Gasteiger partial charge is 0.326 e. The second-order valence-corrected chi connectivity index (χ2v) is 11.3. The molecule has 8 nitrogen and oxygen atoms in total. The van der Waals surface area contributed by atoms with Gasteiger partial charge in [0.25, 0.3) is 0 Å². The van der Waals surface area contributed by atoms with E-state index in [1.165, 1.54) is 37.0 Å². The molecule has 41 heavy (non-hydrogen) atoms. The largest absolute Gasteiger partial charge is 0.480 e. The Balaban J connectivity index is 2.27. The van der Waals surface area contributed by atoms with E-state index in [-0.39, 0.29) is 5.41 Å². The van der Waals surface area contributed by atoms with Crippen LogP contribution in [0.1, 0.15) is 72.8 Å². The van der Waals surface area contributed by atoms with E-state index in [9.17, 15) is 24.3 Å². The Labute approximate surface area is 243 Å². The number of primary amides is 1. The minimum Gasteiger partial charge on any atom is -0.480 e. The molecule has 1 aliphatic rings. The van der Waals surface area contributed by atoms with Crippen LogP contribution in [0.2, 0.25) is 0 Å². The van der Waals surface area contributed by atoms with Gasteiger partial charge in [-0.1, -0.05) is 85.7 Å². The van der Waals surface area contributed by atoms with Gasteiger partial charge in [-0.05, 0) is 62.2 Å². The van der Waals surface area contributed by atoms with Crippen molar-refractivity contribution < 1.29 is 24.3 Å². The van der Waals surface area contributed by atoms with Crippen molar-refractivity contribution in [2.24, 2.45) is 11.1 Å². The highest BCUT2D eigenvalue weighted by Gasteiger charge is 2.44. The van der Waals surface area contributed by atoms with Gasteiger partial charge in [0, 0.05) is 19.4 Å². The van der Waals surface area contributed by atoms with Gasteiger partial charge in [-0.15, -0.1) is 0 Å². The van der Waals surface area contributed by atoms with Crippen molar-refractivity contribution in [2.75, 3.05) is 0 Å². The number of carbonyl (C=O) groups is 4. The maximum Gasteiger partial charge on any atom is 0.326 e. The molecule has 2 atom stereocenters. The van der Waals surface area contributed by atoms with Crippen molar-refractivity contribution in [1.29, 1.82) is 0 Å². The van der Waals surface area contributed by atoms with Gasteiger partial charge in [-0.2, -0.15) is 0 Å². The molecule has 0 radical (unpaired) electrons. The first-order chi connectivity index (χ1) is 19.2. The van der Waals surface area contributed by atoms with E-state index < -0.39 is 41.7 Å². The Hall–Kier alpha value is -4.20. The number of nitrogens with two attached hydrogens (primary N) is 1. The molecule has 0 bridgehead atoms. The molecule has 0 heterocycles. The van der Waals surface area contributed by atoms with Crippen molar-refractivity contribution in [1.82, 2.24) is 10.6 Å². The average molecular weight is 562 g/mol. The van der Waals surface area contributed by atoms with Gasteiger partial charge >= 0.3 is 5.97 Å². The summed E-state index contributed by atoms with van der Waals surface area (Å²) in [7, 11) is 0. The van der Waals surface area contributed by atoms with E-state index in [1.54, 1.807) is 43.3 Å². The van der Waals surface area contributed by atoms with Gasteiger partial charge in [-0.25, -0.2) is 4.79 Å². The van der Waals surface area contributed by atoms with E-state index in [2.05, 4.69) is 43.6 Å². The monoisotopic (exact) mass is 561 g/mol. The second-order valence-electron chi connectivity index (χ2n) is 11.3. The van der Waals surface area contributed by atoms with Crippen LogP contribution in [0.15, 0.2) is 89.1 Å². The molecule has 1 aliphatic carbocycles. The standard InChI is InChI=1S/C33H43N3O5/c1-22(17-18-27-24(3)14-11-19-32(27,5)6)12-10-13-23(2)20-29(38)36-33(31(34)41,26-15-8-7-9-16-26)21-28(30(39)40)35-25(4)37/h7-10,12-13,15-18,20,28H,11,14,19,21H2,1-6H3,(H2,34,41)(H,35,37)(H,36,38)(H,39,40)/b13-10+,18-17+,22-12+,23-20+. The number of carboxylic acid groups (broad SMARTS) is 1. The highest BCUT2D eigenvalue weighted by Crippen LogP contribution is 2.40. The van der Waals surface area contributed by atoms with Crippen LogP contribution in [-0.4, -0.2) is 34.8 Å². The number of nitrogens with one attached hydrogen (secondary N) is 2. The number of carbonyl (C=O) groups excluding carboxylic acids is 3. The van der Waals surface area contributed by atoms with Gasteiger partial charge in [-0.3, -0.25) is 14.4 Å². The molecule has 2 unspecified atom stereocenters. The molecule has 5 N–H and O–H groups in total. The predicted octanol–water partition coefficient (Wildman–Crippen LogP) is 4.99. The third kappa shape index (κ3) is 9.45. The fourth-order valence-electron chi connectivity index (χ4n) is 5.15. The molecule has 0 saturated carbocycles. The van der Waals surface area contributed by atoms with Crippen molar-refractivity contribution in [3.8, 4) is 0 Å². The van der Waals surface area contributed by atoms with Crippen LogP contribution in [0.4, 0.5) is 0 Å². The summed E-state index contributed by atoms with van der Waals surface area (Å²) in [5.74, 6) is -3.54. The number of aliphatic carboxylic acids is 1. The number of hydrogen-bond donors (Lipinski definition) is 4. The van der Waals surface area contributed by atoms with Crippen LogP contribution < -0.4 is 16.4 Å². The number of allylic oxidation sites excluding steroid dienone is 9.